The van der Waals surface area contributed by atoms with Crippen LogP contribution in [0.3, 0.4) is 0 Å². The number of amides is 1. The minimum absolute atomic E-state index is 0.300. The average molecular weight is 275 g/mol. The van der Waals surface area contributed by atoms with E-state index < -0.39 is 0 Å². The van der Waals surface area contributed by atoms with Gasteiger partial charge in [0.15, 0.2) is 0 Å². The number of nitrogens with two attached hydrogens (primary N) is 1. The van der Waals surface area contributed by atoms with Gasteiger partial charge in [-0.15, -0.1) is 11.8 Å². The van der Waals surface area contributed by atoms with E-state index >= 15 is 0 Å². The molecule has 1 aromatic carbocycles. The first-order valence-corrected chi connectivity index (χ1v) is 7.11. The van der Waals surface area contributed by atoms with Crippen molar-refractivity contribution in [2.75, 3.05) is 5.75 Å². The van der Waals surface area contributed by atoms with Crippen LogP contribution in [0.15, 0.2) is 41.6 Å². The topological polar surface area (TPSA) is 60.9 Å². The summed E-state index contributed by atoms with van der Waals surface area (Å²) in [6.45, 7) is 4.24. The average Bonchev–Trinajstić information content (AvgIpc) is 2.86. The SMILES string of the molecule is CC(C)c1nccn1-c1ccc(SCC(N)=O)cc1. The number of hydrogen-bond acceptors (Lipinski definition) is 3. The van der Waals surface area contributed by atoms with Crippen LogP contribution in [0.2, 0.25) is 0 Å². The predicted molar refractivity (Wildman–Crippen MR) is 77.6 cm³/mol. The van der Waals surface area contributed by atoms with Crippen molar-refractivity contribution >= 4 is 17.7 Å². The molecule has 0 atom stereocenters. The molecule has 1 heterocycles. The fourth-order valence-corrected chi connectivity index (χ4v) is 2.46. The van der Waals surface area contributed by atoms with Gasteiger partial charge in [0.1, 0.15) is 5.82 Å². The van der Waals surface area contributed by atoms with Gasteiger partial charge < -0.3 is 10.3 Å². The van der Waals surface area contributed by atoms with Crippen LogP contribution in [0.1, 0.15) is 25.6 Å². The maximum Gasteiger partial charge on any atom is 0.227 e. The molecule has 0 unspecified atom stereocenters. The van der Waals surface area contributed by atoms with Crippen LogP contribution in [-0.4, -0.2) is 21.2 Å². The van der Waals surface area contributed by atoms with Crippen molar-refractivity contribution in [1.29, 1.82) is 0 Å². The van der Waals surface area contributed by atoms with Crippen LogP contribution in [0.5, 0.6) is 0 Å². The lowest BCUT2D eigenvalue weighted by atomic mass is 10.2. The lowest BCUT2D eigenvalue weighted by molar-refractivity contribution is -0.115. The summed E-state index contributed by atoms with van der Waals surface area (Å²) in [5.41, 5.74) is 6.20. The lowest BCUT2D eigenvalue weighted by Crippen LogP contribution is -2.12. The highest BCUT2D eigenvalue weighted by molar-refractivity contribution is 8.00. The maximum absolute atomic E-state index is 10.7. The molecule has 0 radical (unpaired) electrons. The highest BCUT2D eigenvalue weighted by Gasteiger charge is 2.08. The number of carbonyl (C=O) groups excluding carboxylic acids is 1. The summed E-state index contributed by atoms with van der Waals surface area (Å²) in [4.78, 5) is 16.1. The Balaban J connectivity index is 2.18. The van der Waals surface area contributed by atoms with Crippen molar-refractivity contribution in [2.24, 2.45) is 5.73 Å². The van der Waals surface area contributed by atoms with E-state index in [1.807, 2.05) is 36.7 Å². The number of benzene rings is 1. The minimum Gasteiger partial charge on any atom is -0.369 e. The van der Waals surface area contributed by atoms with Crippen molar-refractivity contribution in [1.82, 2.24) is 9.55 Å². The Bertz CT molecular complexity index is 560. The second-order valence-electron chi connectivity index (χ2n) is 4.56. The van der Waals surface area contributed by atoms with Gasteiger partial charge in [0.2, 0.25) is 5.91 Å². The summed E-state index contributed by atoms with van der Waals surface area (Å²) in [5.74, 6) is 1.42. The van der Waals surface area contributed by atoms with E-state index in [2.05, 4.69) is 23.4 Å². The van der Waals surface area contributed by atoms with Crippen molar-refractivity contribution in [2.45, 2.75) is 24.7 Å². The Morgan fingerprint density at radius 3 is 2.63 bits per heavy atom. The van der Waals surface area contributed by atoms with Gasteiger partial charge in [-0.3, -0.25) is 4.79 Å². The number of imidazole rings is 1. The Morgan fingerprint density at radius 1 is 1.37 bits per heavy atom. The third kappa shape index (κ3) is 3.38. The maximum atomic E-state index is 10.7. The van der Waals surface area contributed by atoms with Gasteiger partial charge in [0, 0.05) is 28.9 Å². The number of aromatic nitrogens is 2. The van der Waals surface area contributed by atoms with Gasteiger partial charge >= 0.3 is 0 Å². The molecule has 0 bridgehead atoms. The molecule has 0 fully saturated rings. The van der Waals surface area contributed by atoms with E-state index in [9.17, 15) is 4.79 Å². The highest BCUT2D eigenvalue weighted by atomic mass is 32.2. The molecular formula is C14H17N3OS. The largest absolute Gasteiger partial charge is 0.369 e. The fourth-order valence-electron chi connectivity index (χ4n) is 1.82. The minimum atomic E-state index is -0.300. The predicted octanol–water partition coefficient (Wildman–Crippen LogP) is 2.57. The Kier molecular flexibility index (Phi) is 4.27. The molecule has 0 spiro atoms. The van der Waals surface area contributed by atoms with Gasteiger partial charge in [-0.05, 0) is 24.3 Å². The lowest BCUT2D eigenvalue weighted by Gasteiger charge is -2.10. The second-order valence-corrected chi connectivity index (χ2v) is 5.61. The first-order chi connectivity index (χ1) is 9.08. The van der Waals surface area contributed by atoms with E-state index in [1.54, 1.807) is 0 Å². The Labute approximate surface area is 117 Å². The summed E-state index contributed by atoms with van der Waals surface area (Å²) in [6, 6.07) is 8.04. The van der Waals surface area contributed by atoms with Crippen molar-refractivity contribution in [3.05, 3.63) is 42.5 Å². The molecule has 2 N–H and O–H groups in total. The number of carbonyl (C=O) groups is 1. The van der Waals surface area contributed by atoms with E-state index in [0.29, 0.717) is 11.7 Å². The van der Waals surface area contributed by atoms with Gasteiger partial charge in [0.05, 0.1) is 5.75 Å². The van der Waals surface area contributed by atoms with Gasteiger partial charge in [-0.25, -0.2) is 4.98 Å². The van der Waals surface area contributed by atoms with Crippen molar-refractivity contribution < 1.29 is 4.79 Å². The smallest absolute Gasteiger partial charge is 0.227 e. The molecule has 0 saturated carbocycles. The molecule has 2 rings (SSSR count). The first kappa shape index (κ1) is 13.7. The second kappa shape index (κ2) is 5.93. The number of primary amides is 1. The Morgan fingerprint density at radius 2 is 2.05 bits per heavy atom. The molecule has 100 valence electrons. The summed E-state index contributed by atoms with van der Waals surface area (Å²) in [5, 5.41) is 0. The molecule has 0 aliphatic heterocycles. The van der Waals surface area contributed by atoms with Crippen molar-refractivity contribution in [3.8, 4) is 5.69 Å². The molecule has 0 saturated heterocycles. The van der Waals surface area contributed by atoms with E-state index in [-0.39, 0.29) is 5.91 Å². The standard InChI is InChI=1S/C14H17N3OS/c1-10(2)14-16-7-8-17(14)11-3-5-12(6-4-11)19-9-13(15)18/h3-8,10H,9H2,1-2H3,(H2,15,18). The zero-order chi connectivity index (χ0) is 13.8. The summed E-state index contributed by atoms with van der Waals surface area (Å²) < 4.78 is 2.08. The molecule has 1 amide bonds. The molecule has 4 nitrogen and oxygen atoms in total. The van der Waals surface area contributed by atoms with Gasteiger partial charge in [-0.1, -0.05) is 13.8 Å². The van der Waals surface area contributed by atoms with Crippen LogP contribution < -0.4 is 5.73 Å². The molecular weight excluding hydrogens is 258 g/mol. The van der Waals surface area contributed by atoms with Crippen molar-refractivity contribution in [3.63, 3.8) is 0 Å². The molecule has 0 aliphatic carbocycles. The Hall–Kier alpha value is -1.75. The van der Waals surface area contributed by atoms with E-state index in [0.717, 1.165) is 16.4 Å². The third-order valence-corrected chi connectivity index (χ3v) is 3.72. The summed E-state index contributed by atoms with van der Waals surface area (Å²) >= 11 is 1.45. The monoisotopic (exact) mass is 275 g/mol. The number of hydrogen-bond donors (Lipinski definition) is 1. The molecule has 5 heteroatoms. The summed E-state index contributed by atoms with van der Waals surface area (Å²) in [6.07, 6.45) is 3.77. The normalized spacial score (nSPS) is 10.9. The van der Waals surface area contributed by atoms with Crippen LogP contribution in [0.4, 0.5) is 0 Å². The number of thioether (sulfide) groups is 1. The quantitative estimate of drug-likeness (QED) is 0.853. The third-order valence-electron chi connectivity index (χ3n) is 2.68. The van der Waals surface area contributed by atoms with Crippen LogP contribution in [-0.2, 0) is 4.79 Å². The van der Waals surface area contributed by atoms with Gasteiger partial charge in [-0.2, -0.15) is 0 Å². The van der Waals surface area contributed by atoms with E-state index in [1.165, 1.54) is 11.8 Å². The fraction of sp³-hybridized carbons (Fsp3) is 0.286. The van der Waals surface area contributed by atoms with Gasteiger partial charge in [0.25, 0.3) is 0 Å². The molecule has 1 aromatic heterocycles. The van der Waals surface area contributed by atoms with Crippen LogP contribution >= 0.6 is 11.8 Å². The number of nitrogens with zero attached hydrogens (tertiary/aromatic N) is 2. The molecule has 19 heavy (non-hydrogen) atoms. The number of rotatable bonds is 5. The molecule has 0 aliphatic rings. The first-order valence-electron chi connectivity index (χ1n) is 6.12. The van der Waals surface area contributed by atoms with Crippen LogP contribution in [0, 0.1) is 0 Å². The summed E-state index contributed by atoms with van der Waals surface area (Å²) in [7, 11) is 0. The van der Waals surface area contributed by atoms with Crippen LogP contribution in [0.25, 0.3) is 5.69 Å². The zero-order valence-electron chi connectivity index (χ0n) is 11.0. The highest BCUT2D eigenvalue weighted by Crippen LogP contribution is 2.22. The molecule has 2 aromatic rings. The van der Waals surface area contributed by atoms with E-state index in [4.69, 9.17) is 5.73 Å². The zero-order valence-corrected chi connectivity index (χ0v) is 11.9.